The lowest BCUT2D eigenvalue weighted by molar-refractivity contribution is -0.129. The molecule has 8 heteroatoms. The first-order valence-corrected chi connectivity index (χ1v) is 11.4. The van der Waals surface area contributed by atoms with Crippen molar-refractivity contribution < 1.29 is 19.1 Å². The summed E-state index contributed by atoms with van der Waals surface area (Å²) in [4.78, 5) is 40.9. The topological polar surface area (TPSA) is 75.7 Å². The summed E-state index contributed by atoms with van der Waals surface area (Å²) in [6, 6.07) is 7.42. The quantitative estimate of drug-likeness (QED) is 0.547. The predicted molar refractivity (Wildman–Crippen MR) is 116 cm³/mol. The van der Waals surface area contributed by atoms with Crippen molar-refractivity contribution in [2.45, 2.75) is 38.6 Å². The van der Waals surface area contributed by atoms with Crippen LogP contribution in [0.1, 0.15) is 51.9 Å². The molecule has 2 aromatic rings. The van der Waals surface area contributed by atoms with Crippen LogP contribution in [0.3, 0.4) is 0 Å². The van der Waals surface area contributed by atoms with Crippen LogP contribution in [0, 0.1) is 0 Å². The molecule has 3 rings (SSSR count). The summed E-state index contributed by atoms with van der Waals surface area (Å²) in [5.41, 5.74) is 1.83. The van der Waals surface area contributed by atoms with Gasteiger partial charge in [-0.1, -0.05) is 13.0 Å². The van der Waals surface area contributed by atoms with Crippen molar-refractivity contribution in [3.8, 4) is 0 Å². The number of hydrogen-bond acceptors (Lipinski definition) is 6. The lowest BCUT2D eigenvalue weighted by Gasteiger charge is -2.25. The standard InChI is InChI=1S/C21H24N2O4S2/c1-4-27-21(26)18-16-9-10-23(13(3)24)12-17(16)29-20(18)22-19(25)14-7-6-8-15(11-14)28-5-2/h6-8,11H,4-5,9-10,12H2,1-3H3,(H,22,25). The molecule has 2 heterocycles. The van der Waals surface area contributed by atoms with E-state index < -0.39 is 5.97 Å². The summed E-state index contributed by atoms with van der Waals surface area (Å²) < 4.78 is 5.24. The van der Waals surface area contributed by atoms with Gasteiger partial charge in [0.15, 0.2) is 0 Å². The normalized spacial score (nSPS) is 13.0. The van der Waals surface area contributed by atoms with Gasteiger partial charge in [0, 0.05) is 28.8 Å². The number of hydrogen-bond donors (Lipinski definition) is 1. The highest BCUT2D eigenvalue weighted by molar-refractivity contribution is 7.99. The van der Waals surface area contributed by atoms with Gasteiger partial charge >= 0.3 is 5.97 Å². The molecule has 0 unspecified atom stereocenters. The Labute approximate surface area is 178 Å². The van der Waals surface area contributed by atoms with Crippen molar-refractivity contribution in [2.75, 3.05) is 24.2 Å². The van der Waals surface area contributed by atoms with Gasteiger partial charge in [-0.25, -0.2) is 4.79 Å². The number of nitrogens with zero attached hydrogens (tertiary/aromatic N) is 1. The average Bonchev–Trinajstić information content (AvgIpc) is 3.05. The lowest BCUT2D eigenvalue weighted by Crippen LogP contribution is -2.34. The number of thioether (sulfide) groups is 1. The Morgan fingerprint density at radius 3 is 2.76 bits per heavy atom. The monoisotopic (exact) mass is 432 g/mol. The first kappa shape index (κ1) is 21.4. The first-order valence-electron chi connectivity index (χ1n) is 9.55. The molecule has 154 valence electrons. The van der Waals surface area contributed by atoms with Crippen LogP contribution < -0.4 is 5.32 Å². The zero-order valence-corrected chi connectivity index (χ0v) is 18.4. The molecule has 2 amide bonds. The highest BCUT2D eigenvalue weighted by Crippen LogP contribution is 2.38. The van der Waals surface area contributed by atoms with Gasteiger partial charge in [0.05, 0.1) is 18.7 Å². The summed E-state index contributed by atoms with van der Waals surface area (Å²) in [5, 5.41) is 3.39. The van der Waals surface area contributed by atoms with E-state index in [2.05, 4.69) is 12.2 Å². The van der Waals surface area contributed by atoms with E-state index in [-0.39, 0.29) is 18.4 Å². The number of nitrogens with one attached hydrogen (secondary N) is 1. The maximum atomic E-state index is 12.9. The van der Waals surface area contributed by atoms with E-state index in [4.69, 9.17) is 4.74 Å². The number of fused-ring (bicyclic) bond motifs is 1. The Kier molecular flexibility index (Phi) is 6.97. The minimum Gasteiger partial charge on any atom is -0.462 e. The third-order valence-corrected chi connectivity index (χ3v) is 6.62. The highest BCUT2D eigenvalue weighted by atomic mass is 32.2. The summed E-state index contributed by atoms with van der Waals surface area (Å²) in [5.74, 6) is 0.211. The minimum atomic E-state index is -0.438. The number of carbonyl (C=O) groups is 3. The average molecular weight is 433 g/mol. The number of carbonyl (C=O) groups excluding carboxylic acids is 3. The van der Waals surface area contributed by atoms with E-state index >= 15 is 0 Å². The molecule has 0 bridgehead atoms. The molecule has 29 heavy (non-hydrogen) atoms. The van der Waals surface area contributed by atoms with Crippen LogP contribution in [0.2, 0.25) is 0 Å². The van der Waals surface area contributed by atoms with Gasteiger partial charge in [0.1, 0.15) is 5.00 Å². The first-order chi connectivity index (χ1) is 13.9. The molecule has 1 N–H and O–H groups in total. The van der Waals surface area contributed by atoms with Crippen LogP contribution in [-0.4, -0.2) is 41.6 Å². The molecule has 1 aliphatic rings. The molecule has 0 aliphatic carbocycles. The third-order valence-electron chi connectivity index (χ3n) is 4.62. The molecular weight excluding hydrogens is 408 g/mol. The van der Waals surface area contributed by atoms with Crippen molar-refractivity contribution >= 4 is 45.9 Å². The second kappa shape index (κ2) is 9.45. The van der Waals surface area contributed by atoms with Gasteiger partial charge < -0.3 is 15.0 Å². The zero-order chi connectivity index (χ0) is 21.0. The van der Waals surface area contributed by atoms with Gasteiger partial charge in [0.25, 0.3) is 5.91 Å². The number of rotatable bonds is 6. The van der Waals surface area contributed by atoms with Crippen LogP contribution in [0.5, 0.6) is 0 Å². The van der Waals surface area contributed by atoms with Crippen molar-refractivity contribution in [3.05, 3.63) is 45.8 Å². The highest BCUT2D eigenvalue weighted by Gasteiger charge is 2.30. The molecule has 6 nitrogen and oxygen atoms in total. The number of anilines is 1. The summed E-state index contributed by atoms with van der Waals surface area (Å²) in [7, 11) is 0. The zero-order valence-electron chi connectivity index (χ0n) is 16.7. The molecule has 0 spiro atoms. The Hall–Kier alpha value is -2.32. The van der Waals surface area contributed by atoms with Crippen molar-refractivity contribution in [1.82, 2.24) is 4.90 Å². The summed E-state index contributed by atoms with van der Waals surface area (Å²) in [6.45, 7) is 6.60. The van der Waals surface area contributed by atoms with Crippen LogP contribution in [0.4, 0.5) is 5.00 Å². The van der Waals surface area contributed by atoms with Gasteiger partial charge in [-0.15, -0.1) is 23.1 Å². The maximum absolute atomic E-state index is 12.9. The number of esters is 1. The fraction of sp³-hybridized carbons (Fsp3) is 0.381. The van der Waals surface area contributed by atoms with Gasteiger partial charge in [-0.3, -0.25) is 9.59 Å². The van der Waals surface area contributed by atoms with Crippen molar-refractivity contribution in [1.29, 1.82) is 0 Å². The van der Waals surface area contributed by atoms with Crippen LogP contribution in [0.25, 0.3) is 0 Å². The van der Waals surface area contributed by atoms with E-state index in [0.717, 1.165) is 21.1 Å². The molecule has 1 aromatic heterocycles. The molecule has 0 radical (unpaired) electrons. The summed E-state index contributed by atoms with van der Waals surface area (Å²) in [6.07, 6.45) is 0.568. The van der Waals surface area contributed by atoms with E-state index in [1.165, 1.54) is 18.3 Å². The molecule has 0 saturated heterocycles. The van der Waals surface area contributed by atoms with Crippen LogP contribution in [0.15, 0.2) is 29.2 Å². The fourth-order valence-electron chi connectivity index (χ4n) is 3.25. The molecule has 1 aromatic carbocycles. The van der Waals surface area contributed by atoms with Crippen molar-refractivity contribution in [2.24, 2.45) is 0 Å². The Morgan fingerprint density at radius 1 is 1.28 bits per heavy atom. The Bertz CT molecular complexity index is 939. The number of ether oxygens (including phenoxy) is 1. The van der Waals surface area contributed by atoms with Crippen molar-refractivity contribution in [3.63, 3.8) is 0 Å². The molecule has 0 fully saturated rings. The number of thiophene rings is 1. The number of benzene rings is 1. The largest absolute Gasteiger partial charge is 0.462 e. The SMILES string of the molecule is CCOC(=O)c1c(NC(=O)c2cccc(SCC)c2)sc2c1CCN(C(C)=O)C2. The second-order valence-corrected chi connectivity index (χ2v) is 8.98. The lowest BCUT2D eigenvalue weighted by atomic mass is 10.0. The number of amides is 2. The fourth-order valence-corrected chi connectivity index (χ4v) is 5.21. The Balaban J connectivity index is 1.92. The minimum absolute atomic E-state index is 0.00226. The maximum Gasteiger partial charge on any atom is 0.341 e. The second-order valence-electron chi connectivity index (χ2n) is 6.53. The molecular formula is C21H24N2O4S2. The molecule has 0 saturated carbocycles. The van der Waals surface area contributed by atoms with E-state index in [0.29, 0.717) is 35.6 Å². The van der Waals surface area contributed by atoms with E-state index in [1.807, 2.05) is 18.2 Å². The van der Waals surface area contributed by atoms with Gasteiger partial charge in [-0.2, -0.15) is 0 Å². The van der Waals surface area contributed by atoms with Crippen LogP contribution >= 0.6 is 23.1 Å². The Morgan fingerprint density at radius 2 is 2.07 bits per heavy atom. The predicted octanol–water partition coefficient (Wildman–Crippen LogP) is 4.19. The van der Waals surface area contributed by atoms with Gasteiger partial charge in [-0.05, 0) is 42.9 Å². The smallest absolute Gasteiger partial charge is 0.341 e. The van der Waals surface area contributed by atoms with E-state index in [9.17, 15) is 14.4 Å². The van der Waals surface area contributed by atoms with Gasteiger partial charge in [0.2, 0.25) is 5.91 Å². The molecule has 1 aliphatic heterocycles. The summed E-state index contributed by atoms with van der Waals surface area (Å²) >= 11 is 3.01. The molecule has 0 atom stereocenters. The van der Waals surface area contributed by atoms with Crippen LogP contribution in [-0.2, 0) is 22.5 Å². The third kappa shape index (κ3) is 4.82. The van der Waals surface area contributed by atoms with E-state index in [1.54, 1.807) is 29.7 Å².